The molecule has 1 aromatic rings. The van der Waals surface area contributed by atoms with Crippen molar-refractivity contribution in [3.63, 3.8) is 0 Å². The number of nitrogens with zero attached hydrogens (tertiary/aromatic N) is 2. The first kappa shape index (κ1) is 13.4. The first-order chi connectivity index (χ1) is 8.47. The fourth-order valence-electron chi connectivity index (χ4n) is 1.99. The van der Waals surface area contributed by atoms with Crippen molar-refractivity contribution >= 4 is 23.0 Å². The van der Waals surface area contributed by atoms with Crippen molar-refractivity contribution in [2.24, 2.45) is 5.41 Å². The molecular formula is C13H21ClN4. The second kappa shape index (κ2) is 5.33. The van der Waals surface area contributed by atoms with E-state index in [9.17, 15) is 0 Å². The van der Waals surface area contributed by atoms with E-state index in [1.165, 1.54) is 0 Å². The lowest BCUT2D eigenvalue weighted by Gasteiger charge is -2.22. The molecule has 0 aliphatic carbocycles. The smallest absolute Gasteiger partial charge is 0.154 e. The van der Waals surface area contributed by atoms with E-state index in [0.717, 1.165) is 37.7 Å². The Labute approximate surface area is 114 Å². The maximum absolute atomic E-state index is 6.04. The Kier molecular flexibility index (Phi) is 3.97. The van der Waals surface area contributed by atoms with E-state index < -0.39 is 0 Å². The predicted octanol–water partition coefficient (Wildman–Crippen LogP) is 2.56. The largest absolute Gasteiger partial charge is 0.364 e. The minimum atomic E-state index is 0.328. The van der Waals surface area contributed by atoms with Crippen molar-refractivity contribution in [2.75, 3.05) is 36.5 Å². The Morgan fingerprint density at radius 2 is 2.28 bits per heavy atom. The van der Waals surface area contributed by atoms with Gasteiger partial charge in [-0.2, -0.15) is 0 Å². The van der Waals surface area contributed by atoms with Gasteiger partial charge in [0.05, 0.1) is 18.0 Å². The van der Waals surface area contributed by atoms with Gasteiger partial charge in [-0.1, -0.05) is 32.4 Å². The van der Waals surface area contributed by atoms with Crippen molar-refractivity contribution in [3.8, 4) is 0 Å². The molecule has 0 atom stereocenters. The minimum Gasteiger partial charge on any atom is -0.364 e. The molecular weight excluding hydrogens is 248 g/mol. The molecule has 4 nitrogen and oxygen atoms in total. The lowest BCUT2D eigenvalue weighted by atomic mass is 9.97. The molecule has 0 bridgehead atoms. The lowest BCUT2D eigenvalue weighted by molar-refractivity contribution is 0.382. The van der Waals surface area contributed by atoms with Gasteiger partial charge >= 0.3 is 0 Å². The molecule has 1 aliphatic heterocycles. The van der Waals surface area contributed by atoms with Crippen molar-refractivity contribution in [1.82, 2.24) is 10.3 Å². The van der Waals surface area contributed by atoms with Crippen LogP contribution < -0.4 is 15.5 Å². The van der Waals surface area contributed by atoms with Crippen LogP contribution in [0.2, 0.25) is 5.15 Å². The Hall–Kier alpha value is -1.00. The van der Waals surface area contributed by atoms with Gasteiger partial charge in [-0.05, 0) is 11.5 Å². The van der Waals surface area contributed by atoms with Gasteiger partial charge in [-0.15, -0.1) is 0 Å². The van der Waals surface area contributed by atoms with Crippen molar-refractivity contribution in [1.29, 1.82) is 0 Å². The maximum Gasteiger partial charge on any atom is 0.154 e. The highest BCUT2D eigenvalue weighted by Gasteiger charge is 2.20. The number of aromatic nitrogens is 1. The van der Waals surface area contributed by atoms with Gasteiger partial charge in [0.15, 0.2) is 5.15 Å². The molecule has 0 aromatic carbocycles. The third-order valence-corrected chi connectivity index (χ3v) is 3.17. The van der Waals surface area contributed by atoms with Gasteiger partial charge in [0, 0.05) is 25.8 Å². The first-order valence-corrected chi connectivity index (χ1v) is 6.69. The van der Waals surface area contributed by atoms with Crippen LogP contribution in [0.25, 0.3) is 0 Å². The fourth-order valence-corrected chi connectivity index (χ4v) is 2.21. The van der Waals surface area contributed by atoms with E-state index in [2.05, 4.69) is 41.3 Å². The number of anilines is 2. The second-order valence-corrected chi connectivity index (χ2v) is 6.19. The van der Waals surface area contributed by atoms with Gasteiger partial charge in [-0.3, -0.25) is 0 Å². The van der Waals surface area contributed by atoms with Crippen molar-refractivity contribution in [3.05, 3.63) is 17.4 Å². The standard InChI is InChI=1S/C13H21ClN4/c1-13(2,3)8-15-6-7-18-9-17-11-10(18)4-5-16-12(11)14/h4-5,15,17H,6-9H2,1-3H3. The van der Waals surface area contributed by atoms with Gasteiger partial charge in [0.25, 0.3) is 0 Å². The van der Waals surface area contributed by atoms with Crippen LogP contribution in [0.4, 0.5) is 11.4 Å². The summed E-state index contributed by atoms with van der Waals surface area (Å²) in [5.74, 6) is 0. The van der Waals surface area contributed by atoms with E-state index in [-0.39, 0.29) is 0 Å². The molecule has 0 fully saturated rings. The monoisotopic (exact) mass is 268 g/mol. The zero-order valence-electron chi connectivity index (χ0n) is 11.3. The quantitative estimate of drug-likeness (QED) is 0.650. The summed E-state index contributed by atoms with van der Waals surface area (Å²) in [6, 6.07) is 2.00. The van der Waals surface area contributed by atoms with Crippen LogP contribution >= 0.6 is 11.6 Å². The molecule has 5 heteroatoms. The average molecular weight is 269 g/mol. The molecule has 2 N–H and O–H groups in total. The zero-order chi connectivity index (χ0) is 13.2. The highest BCUT2D eigenvalue weighted by atomic mass is 35.5. The molecule has 1 aromatic heterocycles. The maximum atomic E-state index is 6.04. The molecule has 2 heterocycles. The molecule has 0 radical (unpaired) electrons. The van der Waals surface area contributed by atoms with Crippen LogP contribution in [0, 0.1) is 5.41 Å². The van der Waals surface area contributed by atoms with Gasteiger partial charge < -0.3 is 15.5 Å². The summed E-state index contributed by atoms with van der Waals surface area (Å²) in [6.45, 7) is 10.5. The Bertz CT molecular complexity index is 414. The normalized spacial score (nSPS) is 14.6. The first-order valence-electron chi connectivity index (χ1n) is 6.31. The Morgan fingerprint density at radius 3 is 3.00 bits per heavy atom. The van der Waals surface area contributed by atoms with Crippen molar-refractivity contribution in [2.45, 2.75) is 20.8 Å². The Balaban J connectivity index is 1.85. The van der Waals surface area contributed by atoms with Crippen LogP contribution in [-0.2, 0) is 0 Å². The molecule has 1 aliphatic rings. The summed E-state index contributed by atoms with van der Waals surface area (Å²) in [7, 11) is 0. The topological polar surface area (TPSA) is 40.2 Å². The van der Waals surface area contributed by atoms with Crippen LogP contribution in [0.15, 0.2) is 12.3 Å². The fraction of sp³-hybridized carbons (Fsp3) is 0.615. The summed E-state index contributed by atoms with van der Waals surface area (Å²) in [5, 5.41) is 7.31. The van der Waals surface area contributed by atoms with Gasteiger partial charge in [-0.25, -0.2) is 4.98 Å². The summed E-state index contributed by atoms with van der Waals surface area (Å²) < 4.78 is 0. The zero-order valence-corrected chi connectivity index (χ0v) is 12.0. The second-order valence-electron chi connectivity index (χ2n) is 5.83. The molecule has 0 spiro atoms. The van der Waals surface area contributed by atoms with E-state index in [4.69, 9.17) is 11.6 Å². The number of fused-ring (bicyclic) bond motifs is 1. The number of pyridine rings is 1. The number of hydrogen-bond donors (Lipinski definition) is 2. The number of halogens is 1. The van der Waals surface area contributed by atoms with E-state index in [1.54, 1.807) is 6.20 Å². The lowest BCUT2D eigenvalue weighted by Crippen LogP contribution is -2.35. The van der Waals surface area contributed by atoms with Crippen LogP contribution in [0.5, 0.6) is 0 Å². The number of rotatable bonds is 4. The summed E-state index contributed by atoms with van der Waals surface area (Å²) in [6.07, 6.45) is 1.75. The third-order valence-electron chi connectivity index (χ3n) is 2.88. The van der Waals surface area contributed by atoms with Crippen LogP contribution in [0.1, 0.15) is 20.8 Å². The van der Waals surface area contributed by atoms with E-state index in [1.807, 2.05) is 6.07 Å². The summed E-state index contributed by atoms with van der Waals surface area (Å²) >= 11 is 6.04. The molecule has 2 rings (SSSR count). The number of hydrogen-bond acceptors (Lipinski definition) is 4. The molecule has 0 unspecified atom stereocenters. The van der Waals surface area contributed by atoms with Gasteiger partial charge in [0.1, 0.15) is 0 Å². The minimum absolute atomic E-state index is 0.328. The predicted molar refractivity (Wildman–Crippen MR) is 77.4 cm³/mol. The Morgan fingerprint density at radius 1 is 1.50 bits per heavy atom. The van der Waals surface area contributed by atoms with Crippen molar-refractivity contribution < 1.29 is 0 Å². The van der Waals surface area contributed by atoms with Gasteiger partial charge in [0.2, 0.25) is 0 Å². The SMILES string of the molecule is CC(C)(C)CNCCN1CNc2c1ccnc2Cl. The summed E-state index contributed by atoms with van der Waals surface area (Å²) in [5.41, 5.74) is 2.43. The van der Waals surface area contributed by atoms with E-state index >= 15 is 0 Å². The van der Waals surface area contributed by atoms with E-state index in [0.29, 0.717) is 10.6 Å². The number of nitrogens with one attached hydrogen (secondary N) is 2. The van der Waals surface area contributed by atoms with Crippen LogP contribution in [-0.4, -0.2) is 31.3 Å². The highest BCUT2D eigenvalue weighted by Crippen LogP contribution is 2.35. The third kappa shape index (κ3) is 3.27. The highest BCUT2D eigenvalue weighted by molar-refractivity contribution is 6.32. The van der Waals surface area contributed by atoms with Crippen LogP contribution in [0.3, 0.4) is 0 Å². The molecule has 18 heavy (non-hydrogen) atoms. The molecule has 0 saturated carbocycles. The molecule has 0 amide bonds. The molecule has 100 valence electrons. The molecule has 0 saturated heterocycles. The summed E-state index contributed by atoms with van der Waals surface area (Å²) in [4.78, 5) is 6.35. The average Bonchev–Trinajstić information content (AvgIpc) is 2.68.